The second-order valence-electron chi connectivity index (χ2n) is 2.56. The Kier molecular flexibility index (Phi) is 2.41. The highest BCUT2D eigenvalue weighted by molar-refractivity contribution is 6.04. The van der Waals surface area contributed by atoms with Crippen LogP contribution in [0.5, 0.6) is 0 Å². The van der Waals surface area contributed by atoms with E-state index < -0.39 is 0 Å². The minimum absolute atomic E-state index is 0.166. The Morgan fingerprint density at radius 3 is 2.82 bits per heavy atom. The lowest BCUT2D eigenvalue weighted by molar-refractivity contribution is -0.125. The lowest BCUT2D eigenvalue weighted by atomic mass is 10.1. The number of carbonyl (C=O) groups is 2. The average molecular weight is 153 g/mol. The fourth-order valence-electron chi connectivity index (χ4n) is 1.03. The minimum Gasteiger partial charge on any atom is -0.296 e. The fraction of sp³-hybridized carbons (Fsp3) is 0.500. The van der Waals surface area contributed by atoms with E-state index in [1.807, 2.05) is 13.0 Å². The number of amides is 2. The first-order chi connectivity index (χ1) is 5.24. The van der Waals surface area contributed by atoms with Gasteiger partial charge in [-0.25, -0.2) is 0 Å². The Labute approximate surface area is 65.5 Å². The van der Waals surface area contributed by atoms with Crippen LogP contribution in [0.2, 0.25) is 0 Å². The number of hydrogen-bond acceptors (Lipinski definition) is 2. The van der Waals surface area contributed by atoms with E-state index in [4.69, 9.17) is 0 Å². The Morgan fingerprint density at radius 1 is 1.64 bits per heavy atom. The average Bonchev–Trinajstić information content (AvgIpc) is 2.26. The van der Waals surface area contributed by atoms with E-state index in [2.05, 4.69) is 5.32 Å². The highest BCUT2D eigenvalue weighted by Crippen LogP contribution is 2.11. The van der Waals surface area contributed by atoms with Crippen molar-refractivity contribution in [2.24, 2.45) is 5.92 Å². The van der Waals surface area contributed by atoms with Crippen LogP contribution in [-0.4, -0.2) is 11.8 Å². The molecule has 1 N–H and O–H groups in total. The third-order valence-corrected chi connectivity index (χ3v) is 1.61. The van der Waals surface area contributed by atoms with Gasteiger partial charge in [0.15, 0.2) is 0 Å². The molecule has 1 saturated heterocycles. The smallest absolute Gasteiger partial charge is 0.233 e. The maximum absolute atomic E-state index is 10.9. The van der Waals surface area contributed by atoms with Crippen LogP contribution < -0.4 is 5.32 Å². The predicted octanol–water partition coefficient (Wildman–Crippen LogP) is 0.615. The molecule has 3 heteroatoms. The third-order valence-electron chi connectivity index (χ3n) is 1.61. The van der Waals surface area contributed by atoms with E-state index in [0.29, 0.717) is 6.42 Å². The van der Waals surface area contributed by atoms with Crippen LogP contribution >= 0.6 is 0 Å². The first kappa shape index (κ1) is 7.98. The number of nitrogens with one attached hydrogen (secondary N) is 1. The van der Waals surface area contributed by atoms with Crippen molar-refractivity contribution in [3.05, 3.63) is 12.2 Å². The number of allylic oxidation sites excluding steroid dienone is 1. The molecule has 0 aromatic heterocycles. The van der Waals surface area contributed by atoms with Crippen LogP contribution in [0.3, 0.4) is 0 Å². The largest absolute Gasteiger partial charge is 0.296 e. The van der Waals surface area contributed by atoms with Crippen LogP contribution in [0.15, 0.2) is 12.2 Å². The van der Waals surface area contributed by atoms with Gasteiger partial charge in [-0.2, -0.15) is 0 Å². The number of imide groups is 1. The molecule has 0 radical (unpaired) electrons. The van der Waals surface area contributed by atoms with Crippen molar-refractivity contribution in [3.63, 3.8) is 0 Å². The summed E-state index contributed by atoms with van der Waals surface area (Å²) >= 11 is 0. The van der Waals surface area contributed by atoms with Gasteiger partial charge in [-0.05, 0) is 6.42 Å². The second-order valence-corrected chi connectivity index (χ2v) is 2.56. The zero-order valence-electron chi connectivity index (χ0n) is 6.46. The van der Waals surface area contributed by atoms with Crippen LogP contribution in [0, 0.1) is 5.92 Å². The maximum Gasteiger partial charge on any atom is 0.233 e. The van der Waals surface area contributed by atoms with Gasteiger partial charge in [0, 0.05) is 6.42 Å². The highest BCUT2D eigenvalue weighted by atomic mass is 16.2. The molecule has 1 heterocycles. The molecular formula is C8H11NO2. The molecule has 0 spiro atoms. The van der Waals surface area contributed by atoms with Gasteiger partial charge >= 0.3 is 0 Å². The summed E-state index contributed by atoms with van der Waals surface area (Å²) in [6, 6.07) is 0. The lowest BCUT2D eigenvalue weighted by Crippen LogP contribution is -2.21. The number of carbonyl (C=O) groups excluding carboxylic acids is 2. The summed E-state index contributed by atoms with van der Waals surface area (Å²) in [5.74, 6) is -0.553. The molecule has 3 nitrogen and oxygen atoms in total. The molecule has 1 rings (SSSR count). The van der Waals surface area contributed by atoms with E-state index in [1.165, 1.54) is 0 Å². The molecule has 1 unspecified atom stereocenters. The maximum atomic E-state index is 10.9. The molecule has 1 fully saturated rings. The third kappa shape index (κ3) is 1.90. The monoisotopic (exact) mass is 153 g/mol. The first-order valence-corrected chi connectivity index (χ1v) is 3.74. The topological polar surface area (TPSA) is 46.2 Å². The van der Waals surface area contributed by atoms with Gasteiger partial charge in [0.1, 0.15) is 0 Å². The Balaban J connectivity index is 2.53. The summed E-state index contributed by atoms with van der Waals surface area (Å²) < 4.78 is 0. The van der Waals surface area contributed by atoms with Gasteiger partial charge < -0.3 is 0 Å². The zero-order chi connectivity index (χ0) is 8.27. The fourth-order valence-corrected chi connectivity index (χ4v) is 1.03. The molecule has 2 amide bonds. The molecule has 1 atom stereocenters. The van der Waals surface area contributed by atoms with E-state index in [1.54, 1.807) is 6.08 Å². The summed E-state index contributed by atoms with van der Waals surface area (Å²) in [7, 11) is 0. The van der Waals surface area contributed by atoms with Crippen LogP contribution in [0.1, 0.15) is 19.8 Å². The molecule has 1 aliphatic heterocycles. The number of rotatable bonds is 2. The standard InChI is InChI=1S/C8H11NO2/c1-2-3-4-6-5-7(10)9-8(6)11/h3-4,6H,2,5H2,1H3,(H,9,10,11)/b4-3+. The van der Waals surface area contributed by atoms with Crippen molar-refractivity contribution >= 4 is 11.8 Å². The van der Waals surface area contributed by atoms with Gasteiger partial charge in [-0.15, -0.1) is 0 Å². The summed E-state index contributed by atoms with van der Waals surface area (Å²) in [6.07, 6.45) is 4.91. The molecule has 0 aromatic rings. The minimum atomic E-state index is -0.220. The lowest BCUT2D eigenvalue weighted by Gasteiger charge is -1.94. The van der Waals surface area contributed by atoms with E-state index in [9.17, 15) is 9.59 Å². The van der Waals surface area contributed by atoms with Crippen molar-refractivity contribution in [1.82, 2.24) is 5.32 Å². The Hall–Kier alpha value is -1.12. The van der Waals surface area contributed by atoms with Gasteiger partial charge in [-0.3, -0.25) is 14.9 Å². The van der Waals surface area contributed by atoms with Crippen molar-refractivity contribution < 1.29 is 9.59 Å². The molecule has 0 saturated carbocycles. The van der Waals surface area contributed by atoms with Crippen LogP contribution in [0.4, 0.5) is 0 Å². The van der Waals surface area contributed by atoms with Crippen LogP contribution in [-0.2, 0) is 9.59 Å². The molecule has 1 aliphatic rings. The van der Waals surface area contributed by atoms with Gasteiger partial charge in [-0.1, -0.05) is 19.1 Å². The second kappa shape index (κ2) is 3.32. The van der Waals surface area contributed by atoms with E-state index >= 15 is 0 Å². The van der Waals surface area contributed by atoms with Crippen molar-refractivity contribution in [1.29, 1.82) is 0 Å². The van der Waals surface area contributed by atoms with Gasteiger partial charge in [0.25, 0.3) is 0 Å². The zero-order valence-corrected chi connectivity index (χ0v) is 6.46. The van der Waals surface area contributed by atoms with Crippen molar-refractivity contribution in [3.8, 4) is 0 Å². The highest BCUT2D eigenvalue weighted by Gasteiger charge is 2.27. The Morgan fingerprint density at radius 2 is 2.36 bits per heavy atom. The summed E-state index contributed by atoms with van der Waals surface area (Å²) in [6.45, 7) is 1.99. The molecule has 0 aromatic carbocycles. The van der Waals surface area contributed by atoms with E-state index in [0.717, 1.165) is 6.42 Å². The summed E-state index contributed by atoms with van der Waals surface area (Å²) in [5, 5.41) is 2.25. The molecule has 60 valence electrons. The predicted molar refractivity (Wildman–Crippen MR) is 40.7 cm³/mol. The van der Waals surface area contributed by atoms with E-state index in [-0.39, 0.29) is 17.7 Å². The number of hydrogen-bond donors (Lipinski definition) is 1. The SMILES string of the molecule is CC/C=C/C1CC(=O)NC1=O. The van der Waals surface area contributed by atoms with Gasteiger partial charge in [0.2, 0.25) is 11.8 Å². The normalized spacial score (nSPS) is 24.6. The van der Waals surface area contributed by atoms with Crippen LogP contribution in [0.25, 0.3) is 0 Å². The first-order valence-electron chi connectivity index (χ1n) is 3.74. The summed E-state index contributed by atoms with van der Waals surface area (Å²) in [5.41, 5.74) is 0. The van der Waals surface area contributed by atoms with Crippen molar-refractivity contribution in [2.45, 2.75) is 19.8 Å². The van der Waals surface area contributed by atoms with Gasteiger partial charge in [0.05, 0.1) is 5.92 Å². The van der Waals surface area contributed by atoms with Crippen molar-refractivity contribution in [2.75, 3.05) is 0 Å². The molecule has 11 heavy (non-hydrogen) atoms. The summed E-state index contributed by atoms with van der Waals surface area (Å²) in [4.78, 5) is 21.6. The molecule has 0 bridgehead atoms. The molecular weight excluding hydrogens is 142 g/mol. The quantitative estimate of drug-likeness (QED) is 0.467. The Bertz CT molecular complexity index is 208. The molecule has 0 aliphatic carbocycles.